The zero-order valence-corrected chi connectivity index (χ0v) is 15.3. The van der Waals surface area contributed by atoms with Crippen molar-refractivity contribution in [3.63, 3.8) is 0 Å². The second kappa shape index (κ2) is 8.23. The first-order valence-electron chi connectivity index (χ1n) is 8.46. The molecular weight excluding hydrogens is 386 g/mol. The number of nitrogens with zero attached hydrogens (tertiary/aromatic N) is 1. The zero-order chi connectivity index (χ0) is 21.0. The minimum atomic E-state index is -2.97. The summed E-state index contributed by atoms with van der Waals surface area (Å²) in [4.78, 5) is 28.9. The van der Waals surface area contributed by atoms with Gasteiger partial charge in [-0.25, -0.2) is 4.99 Å². The monoisotopic (exact) mass is 404 g/mol. The molecule has 152 valence electrons. The van der Waals surface area contributed by atoms with Gasteiger partial charge in [-0.3, -0.25) is 14.9 Å². The fourth-order valence-corrected chi connectivity index (χ4v) is 3.05. The van der Waals surface area contributed by atoms with Gasteiger partial charge < -0.3 is 20.5 Å². The van der Waals surface area contributed by atoms with Crippen molar-refractivity contribution in [2.75, 3.05) is 19.0 Å². The Morgan fingerprint density at radius 3 is 2.55 bits per heavy atom. The smallest absolute Gasteiger partial charge is 0.387 e. The number of hydrogen-bond donors (Lipinski definition) is 3. The molecule has 1 aliphatic rings. The van der Waals surface area contributed by atoms with Crippen molar-refractivity contribution in [3.05, 3.63) is 59.7 Å². The average Bonchev–Trinajstić information content (AvgIpc) is 2.97. The van der Waals surface area contributed by atoms with Gasteiger partial charge in [-0.2, -0.15) is 8.78 Å². The molecule has 0 spiro atoms. The van der Waals surface area contributed by atoms with Crippen LogP contribution in [0.2, 0.25) is 0 Å². The summed E-state index contributed by atoms with van der Waals surface area (Å²) in [6.45, 7) is -3.10. The molecule has 1 heterocycles. The lowest BCUT2D eigenvalue weighted by atomic mass is 9.83. The second-order valence-electron chi connectivity index (χ2n) is 6.13. The number of nitrogens with two attached hydrogens (primary N) is 1. The number of methoxy groups -OCH3 is 1. The average molecular weight is 404 g/mol. The van der Waals surface area contributed by atoms with Crippen LogP contribution in [0.5, 0.6) is 5.75 Å². The standard InChI is InChI=1S/C19H18F2N4O4/c1-28-10-15(26)23-13-4-2-3-12(9-13)19(16(27)24-18(22)25-19)11-5-7-14(8-6-11)29-17(20)21/h2-9,17H,10H2,1H3,(H,23,26)(H3,22,24,25,27)/t19-/m0/s1. The summed E-state index contributed by atoms with van der Waals surface area (Å²) in [5.41, 5.74) is 5.43. The molecule has 2 aromatic carbocycles. The molecular formula is C19H18F2N4O4. The number of carbonyl (C=O) groups is 2. The van der Waals surface area contributed by atoms with Crippen molar-refractivity contribution in [2.24, 2.45) is 10.7 Å². The third-order valence-electron chi connectivity index (χ3n) is 4.20. The SMILES string of the molecule is COCC(=O)Nc1cccc([C@]2(c3ccc(OC(F)F)cc3)N=C(N)NC2=O)c1. The number of benzene rings is 2. The number of guanidine groups is 1. The highest BCUT2D eigenvalue weighted by molar-refractivity contribution is 6.09. The molecule has 0 aliphatic carbocycles. The Hall–Kier alpha value is -3.53. The van der Waals surface area contributed by atoms with Crippen LogP contribution >= 0.6 is 0 Å². The normalized spacial score (nSPS) is 18.3. The van der Waals surface area contributed by atoms with E-state index in [1.807, 2.05) is 0 Å². The van der Waals surface area contributed by atoms with Crippen LogP contribution in [0.25, 0.3) is 0 Å². The van der Waals surface area contributed by atoms with Gasteiger partial charge in [0.15, 0.2) is 11.5 Å². The Balaban J connectivity index is 2.03. The van der Waals surface area contributed by atoms with Gasteiger partial charge in [-0.1, -0.05) is 24.3 Å². The summed E-state index contributed by atoms with van der Waals surface area (Å²) >= 11 is 0. The van der Waals surface area contributed by atoms with E-state index in [-0.39, 0.29) is 24.2 Å². The van der Waals surface area contributed by atoms with Gasteiger partial charge in [0.2, 0.25) is 5.91 Å². The maximum Gasteiger partial charge on any atom is 0.387 e. The third-order valence-corrected chi connectivity index (χ3v) is 4.20. The largest absolute Gasteiger partial charge is 0.435 e. The first-order chi connectivity index (χ1) is 13.8. The minimum Gasteiger partial charge on any atom is -0.435 e. The number of hydrogen-bond acceptors (Lipinski definition) is 6. The molecule has 29 heavy (non-hydrogen) atoms. The van der Waals surface area contributed by atoms with Crippen molar-refractivity contribution < 1.29 is 27.8 Å². The summed E-state index contributed by atoms with van der Waals surface area (Å²) in [6.07, 6.45) is 0. The van der Waals surface area contributed by atoms with Gasteiger partial charge in [0.05, 0.1) is 0 Å². The molecule has 1 aliphatic heterocycles. The van der Waals surface area contributed by atoms with E-state index >= 15 is 0 Å². The number of nitrogens with one attached hydrogen (secondary N) is 2. The van der Waals surface area contributed by atoms with Crippen LogP contribution in [-0.2, 0) is 19.9 Å². The molecule has 0 unspecified atom stereocenters. The molecule has 0 saturated carbocycles. The van der Waals surface area contributed by atoms with Crippen molar-refractivity contribution in [1.82, 2.24) is 5.32 Å². The Kier molecular flexibility index (Phi) is 5.74. The van der Waals surface area contributed by atoms with Crippen LogP contribution in [0.4, 0.5) is 14.5 Å². The molecule has 0 fully saturated rings. The first kappa shape index (κ1) is 20.2. The lowest BCUT2D eigenvalue weighted by molar-refractivity contribution is -0.122. The molecule has 1 atom stereocenters. The number of rotatable bonds is 7. The Morgan fingerprint density at radius 2 is 1.97 bits per heavy atom. The lowest BCUT2D eigenvalue weighted by Gasteiger charge is -2.25. The van der Waals surface area contributed by atoms with Crippen molar-refractivity contribution >= 4 is 23.5 Å². The van der Waals surface area contributed by atoms with E-state index in [1.165, 1.54) is 31.4 Å². The van der Waals surface area contributed by atoms with Gasteiger partial charge in [-0.15, -0.1) is 0 Å². The maximum atomic E-state index is 12.8. The summed E-state index contributed by atoms with van der Waals surface area (Å²) in [5, 5.41) is 5.12. The fourth-order valence-electron chi connectivity index (χ4n) is 3.05. The van der Waals surface area contributed by atoms with Crippen LogP contribution in [0.3, 0.4) is 0 Å². The first-order valence-corrected chi connectivity index (χ1v) is 8.46. The van der Waals surface area contributed by atoms with E-state index in [9.17, 15) is 18.4 Å². The summed E-state index contributed by atoms with van der Waals surface area (Å²) in [7, 11) is 1.40. The maximum absolute atomic E-state index is 12.8. The van der Waals surface area contributed by atoms with E-state index in [2.05, 4.69) is 20.4 Å². The quantitative estimate of drug-likeness (QED) is 0.648. The van der Waals surface area contributed by atoms with E-state index in [0.29, 0.717) is 16.8 Å². The highest BCUT2D eigenvalue weighted by Crippen LogP contribution is 2.38. The highest BCUT2D eigenvalue weighted by Gasteiger charge is 2.46. The lowest BCUT2D eigenvalue weighted by Crippen LogP contribution is -2.39. The zero-order valence-electron chi connectivity index (χ0n) is 15.3. The van der Waals surface area contributed by atoms with Crippen LogP contribution in [0.1, 0.15) is 11.1 Å². The van der Waals surface area contributed by atoms with Crippen molar-refractivity contribution in [1.29, 1.82) is 0 Å². The molecule has 2 aromatic rings. The van der Waals surface area contributed by atoms with Crippen LogP contribution in [0.15, 0.2) is 53.5 Å². The summed E-state index contributed by atoms with van der Waals surface area (Å²) < 4.78 is 34.0. The molecule has 3 rings (SSSR count). The van der Waals surface area contributed by atoms with E-state index in [1.54, 1.807) is 24.3 Å². The topological polar surface area (TPSA) is 115 Å². The molecule has 0 saturated heterocycles. The van der Waals surface area contributed by atoms with Gasteiger partial charge >= 0.3 is 6.61 Å². The number of alkyl halides is 2. The number of anilines is 1. The Labute approximate surface area is 164 Å². The van der Waals surface area contributed by atoms with Gasteiger partial charge in [-0.05, 0) is 35.4 Å². The number of amides is 2. The van der Waals surface area contributed by atoms with Gasteiger partial charge in [0.1, 0.15) is 12.4 Å². The fraction of sp³-hybridized carbons (Fsp3) is 0.211. The van der Waals surface area contributed by atoms with Gasteiger partial charge in [0.25, 0.3) is 5.91 Å². The Bertz CT molecular complexity index is 949. The molecule has 4 N–H and O–H groups in total. The predicted octanol–water partition coefficient (Wildman–Crippen LogP) is 1.56. The van der Waals surface area contributed by atoms with E-state index in [0.717, 1.165) is 0 Å². The number of aliphatic imine (C=N–C) groups is 1. The van der Waals surface area contributed by atoms with E-state index < -0.39 is 18.1 Å². The number of carbonyl (C=O) groups excluding carboxylic acids is 2. The number of halogens is 2. The molecule has 0 aromatic heterocycles. The predicted molar refractivity (Wildman–Crippen MR) is 101 cm³/mol. The molecule has 0 bridgehead atoms. The van der Waals surface area contributed by atoms with Crippen LogP contribution in [0, 0.1) is 0 Å². The van der Waals surface area contributed by atoms with E-state index in [4.69, 9.17) is 10.5 Å². The Morgan fingerprint density at radius 1 is 1.24 bits per heavy atom. The summed E-state index contributed by atoms with van der Waals surface area (Å²) in [6, 6.07) is 12.0. The number of ether oxygens (including phenoxy) is 2. The van der Waals surface area contributed by atoms with Gasteiger partial charge in [0, 0.05) is 12.8 Å². The second-order valence-corrected chi connectivity index (χ2v) is 6.13. The summed E-state index contributed by atoms with van der Waals surface area (Å²) in [5.74, 6) is -1.03. The van der Waals surface area contributed by atoms with Crippen molar-refractivity contribution in [2.45, 2.75) is 12.2 Å². The minimum absolute atomic E-state index is 0.0603. The molecule has 8 nitrogen and oxygen atoms in total. The molecule has 2 amide bonds. The highest BCUT2D eigenvalue weighted by atomic mass is 19.3. The third kappa shape index (κ3) is 4.16. The molecule has 0 radical (unpaired) electrons. The molecule has 10 heteroatoms. The van der Waals surface area contributed by atoms with Crippen molar-refractivity contribution in [3.8, 4) is 5.75 Å². The van der Waals surface area contributed by atoms with Crippen LogP contribution in [-0.4, -0.2) is 38.1 Å². The van der Waals surface area contributed by atoms with Crippen LogP contribution < -0.4 is 21.1 Å².